The van der Waals surface area contributed by atoms with Crippen molar-refractivity contribution in [1.82, 2.24) is 0 Å². The Labute approximate surface area is 276 Å². The van der Waals surface area contributed by atoms with Gasteiger partial charge in [-0.05, 0) is 50.7 Å². The molecule has 0 fully saturated rings. The van der Waals surface area contributed by atoms with E-state index in [4.69, 9.17) is 38.5 Å². The lowest BCUT2D eigenvalue weighted by Crippen LogP contribution is -2.07. The molecule has 0 atom stereocenters. The van der Waals surface area contributed by atoms with Crippen LogP contribution in [0.5, 0.6) is 0 Å². The third kappa shape index (κ3) is 55.8. The average molecular weight is 682 g/mol. The highest BCUT2D eigenvalue weighted by molar-refractivity contribution is 7.45. The number of hydrogen-bond acceptors (Lipinski definition) is 3. The molecule has 6 N–H and O–H groups in total. The topological polar surface area (TPSA) is 159 Å². The molecule has 45 heavy (non-hydrogen) atoms. The van der Waals surface area contributed by atoms with Crippen molar-refractivity contribution in [3.63, 3.8) is 0 Å². The predicted octanol–water partition coefficient (Wildman–Crippen LogP) is 10.1. The molecule has 1 rings (SSSR count). The van der Waals surface area contributed by atoms with Gasteiger partial charge in [0.2, 0.25) is 0 Å². The molecule has 0 aliphatic heterocycles. The van der Waals surface area contributed by atoms with Gasteiger partial charge in [-0.2, -0.15) is 0 Å². The van der Waals surface area contributed by atoms with E-state index in [9.17, 15) is 0 Å². The first-order valence-corrected chi connectivity index (χ1v) is 20.2. The second-order valence-corrected chi connectivity index (χ2v) is 13.8. The zero-order valence-electron chi connectivity index (χ0n) is 29.2. The lowest BCUT2D eigenvalue weighted by Gasteiger charge is -2.10. The van der Waals surface area contributed by atoms with Gasteiger partial charge in [-0.3, -0.25) is 0 Å². The van der Waals surface area contributed by atoms with E-state index >= 15 is 0 Å². The maximum atomic E-state index is 8.88. The number of phosphoric acid groups is 2. The molecular weight excluding hydrogens is 612 g/mol. The van der Waals surface area contributed by atoms with E-state index in [0.29, 0.717) is 0 Å². The minimum Gasteiger partial charge on any atom is -0.378 e. The molecule has 0 saturated carbocycles. The molecule has 9 nitrogen and oxygen atoms in total. The van der Waals surface area contributed by atoms with Crippen molar-refractivity contribution < 1.29 is 38.5 Å². The van der Waals surface area contributed by atoms with Gasteiger partial charge in [0, 0.05) is 19.8 Å². The van der Waals surface area contributed by atoms with Crippen LogP contribution in [0.25, 0.3) is 0 Å². The van der Waals surface area contributed by atoms with Crippen molar-refractivity contribution in [2.24, 2.45) is 0 Å². The van der Waals surface area contributed by atoms with Crippen molar-refractivity contribution >= 4 is 21.3 Å². The number of hydrogen-bond donors (Lipinski definition) is 6. The summed E-state index contributed by atoms with van der Waals surface area (Å²) in [6.07, 6.45) is 32.4. The number of anilines is 1. The van der Waals surface area contributed by atoms with Gasteiger partial charge >= 0.3 is 15.6 Å². The summed E-state index contributed by atoms with van der Waals surface area (Å²) in [7, 11) is -5.20. The van der Waals surface area contributed by atoms with Crippen LogP contribution in [0.15, 0.2) is 42.0 Å². The van der Waals surface area contributed by atoms with Crippen LogP contribution in [-0.2, 0) is 9.13 Å². The molecule has 0 unspecified atom stereocenters. The Morgan fingerprint density at radius 2 is 0.867 bits per heavy atom. The van der Waals surface area contributed by atoms with Gasteiger partial charge in [0.1, 0.15) is 0 Å². The molecule has 0 bridgehead atoms. The summed E-state index contributed by atoms with van der Waals surface area (Å²) in [5.41, 5.74) is 3.04. The summed E-state index contributed by atoms with van der Waals surface area (Å²) in [6.45, 7) is 6.92. The van der Waals surface area contributed by atoms with Gasteiger partial charge in [-0.25, -0.2) is 9.13 Å². The molecular formula is C34H69NO8P2. The maximum absolute atomic E-state index is 8.88. The summed E-state index contributed by atoms with van der Waals surface area (Å²) in [6, 6.07) is 10.3. The highest BCUT2D eigenvalue weighted by Gasteiger charge is 2.01. The largest absolute Gasteiger partial charge is 0.466 e. The standard InChI is InChI=1S/C26H52.C8H11N.2H3O4P/c1-4-7-10-13-16-19-22-25-26(23-20-17-14-11-8-5-2)24-21-18-15-12-9-6-3;1-9(2)8-6-4-3-5-7-8;2*1-5(2,3)4/h25H,4-24H2,1-3H3;3-7H,1-2H3;2*(H3,1,2,3,4). The molecule has 0 aliphatic carbocycles. The Balaban J connectivity index is -0.000000742. The van der Waals surface area contributed by atoms with Crippen LogP contribution in [0, 0.1) is 0 Å². The molecule has 0 aliphatic rings. The SMILES string of the molecule is CCCCCCCCC=C(CCCCCCCC)CCCCCCCC.CN(C)c1ccccc1.O=P(O)(O)O.O=P(O)(O)O. The first kappa shape index (κ1) is 48.4. The number of benzene rings is 1. The molecule has 0 amide bonds. The average Bonchev–Trinajstić information content (AvgIpc) is 2.95. The molecule has 0 aromatic heterocycles. The van der Waals surface area contributed by atoms with Crippen LogP contribution >= 0.6 is 15.6 Å². The van der Waals surface area contributed by atoms with Gasteiger partial charge in [0.25, 0.3) is 0 Å². The van der Waals surface area contributed by atoms with E-state index in [1.165, 1.54) is 141 Å². The van der Waals surface area contributed by atoms with Crippen molar-refractivity contribution in [2.45, 2.75) is 156 Å². The number of unbranched alkanes of at least 4 members (excludes halogenated alkanes) is 16. The van der Waals surface area contributed by atoms with Crippen molar-refractivity contribution in [1.29, 1.82) is 0 Å². The van der Waals surface area contributed by atoms with Crippen LogP contribution in [0.1, 0.15) is 156 Å². The van der Waals surface area contributed by atoms with Gasteiger partial charge < -0.3 is 34.3 Å². The van der Waals surface area contributed by atoms with Crippen LogP contribution in [0.4, 0.5) is 5.69 Å². The number of nitrogens with zero attached hydrogens (tertiary/aromatic N) is 1. The van der Waals surface area contributed by atoms with Gasteiger partial charge in [0.05, 0.1) is 0 Å². The lowest BCUT2D eigenvalue weighted by molar-refractivity contribution is 0.272. The Hall–Kier alpha value is -1.02. The quantitative estimate of drug-likeness (QED) is 0.0398. The van der Waals surface area contributed by atoms with Crippen LogP contribution in [0.2, 0.25) is 0 Å². The van der Waals surface area contributed by atoms with Crippen molar-refractivity contribution in [3.05, 3.63) is 42.0 Å². The van der Waals surface area contributed by atoms with E-state index in [1.54, 1.807) is 5.57 Å². The van der Waals surface area contributed by atoms with Crippen LogP contribution in [0.3, 0.4) is 0 Å². The fourth-order valence-electron chi connectivity index (χ4n) is 4.55. The van der Waals surface area contributed by atoms with Gasteiger partial charge in [-0.15, -0.1) is 0 Å². The van der Waals surface area contributed by atoms with E-state index in [1.807, 2.05) is 32.3 Å². The molecule has 0 spiro atoms. The lowest BCUT2D eigenvalue weighted by atomic mass is 9.98. The van der Waals surface area contributed by atoms with E-state index < -0.39 is 15.6 Å². The predicted molar refractivity (Wildman–Crippen MR) is 191 cm³/mol. The smallest absolute Gasteiger partial charge is 0.378 e. The monoisotopic (exact) mass is 681 g/mol. The second kappa shape index (κ2) is 34.3. The summed E-state index contributed by atoms with van der Waals surface area (Å²) in [5.74, 6) is 0. The second-order valence-electron chi connectivity index (χ2n) is 11.7. The number of rotatable bonds is 22. The molecule has 0 saturated heterocycles. The van der Waals surface area contributed by atoms with Crippen molar-refractivity contribution in [3.8, 4) is 0 Å². The van der Waals surface area contributed by atoms with E-state index in [2.05, 4.69) is 43.9 Å². The molecule has 0 heterocycles. The van der Waals surface area contributed by atoms with Gasteiger partial charge in [-0.1, -0.05) is 147 Å². The highest BCUT2D eigenvalue weighted by Crippen LogP contribution is 2.26. The minimum atomic E-state index is -4.64. The zero-order valence-corrected chi connectivity index (χ0v) is 30.9. The Morgan fingerprint density at radius 3 is 1.18 bits per heavy atom. The Bertz CT molecular complexity index is 802. The summed E-state index contributed by atoms with van der Waals surface area (Å²) in [4.78, 5) is 45.2. The summed E-state index contributed by atoms with van der Waals surface area (Å²) < 4.78 is 17.8. The third-order valence-corrected chi connectivity index (χ3v) is 6.97. The Morgan fingerprint density at radius 1 is 0.556 bits per heavy atom. The fraction of sp³-hybridized carbons (Fsp3) is 0.765. The summed E-state index contributed by atoms with van der Waals surface area (Å²) in [5, 5.41) is 0. The van der Waals surface area contributed by atoms with Crippen LogP contribution < -0.4 is 4.90 Å². The zero-order chi connectivity index (χ0) is 34.8. The first-order chi connectivity index (χ1) is 21.2. The normalized spacial score (nSPS) is 10.8. The maximum Gasteiger partial charge on any atom is 0.466 e. The van der Waals surface area contributed by atoms with E-state index in [-0.39, 0.29) is 0 Å². The van der Waals surface area contributed by atoms with Crippen LogP contribution in [-0.4, -0.2) is 43.5 Å². The van der Waals surface area contributed by atoms with Gasteiger partial charge in [0.15, 0.2) is 0 Å². The molecule has 1 aromatic rings. The highest BCUT2D eigenvalue weighted by atomic mass is 31.2. The molecule has 11 heteroatoms. The third-order valence-electron chi connectivity index (χ3n) is 6.97. The molecule has 1 aromatic carbocycles. The van der Waals surface area contributed by atoms with Crippen molar-refractivity contribution in [2.75, 3.05) is 19.0 Å². The van der Waals surface area contributed by atoms with E-state index in [0.717, 1.165) is 0 Å². The number of para-hydroxylation sites is 1. The fourth-order valence-corrected chi connectivity index (χ4v) is 4.55. The molecule has 268 valence electrons. The minimum absolute atomic E-state index is 1.25. The first-order valence-electron chi connectivity index (χ1n) is 17.1. The summed E-state index contributed by atoms with van der Waals surface area (Å²) >= 11 is 0. The molecule has 0 radical (unpaired) electrons. The number of allylic oxidation sites excluding steroid dienone is 2. The Kier molecular flexibility index (Phi) is 36.9.